The first-order valence-electron chi connectivity index (χ1n) is 3.27. The Bertz CT molecular complexity index is 255. The maximum Gasteiger partial charge on any atom is 0.345 e. The van der Waals surface area contributed by atoms with Crippen LogP contribution in [-0.2, 0) is 11.3 Å². The minimum Gasteiger partial charge on any atom is -0.397 e. The van der Waals surface area contributed by atoms with Crippen LogP contribution in [0.25, 0.3) is 0 Å². The van der Waals surface area contributed by atoms with Crippen molar-refractivity contribution in [2.24, 2.45) is 0 Å². The van der Waals surface area contributed by atoms with Crippen molar-refractivity contribution >= 4 is 5.69 Å². The Labute approximate surface area is 68.2 Å². The summed E-state index contributed by atoms with van der Waals surface area (Å²) < 4.78 is 27.1. The molecule has 1 rings (SSSR count). The molecule has 1 heterocycles. The van der Waals surface area contributed by atoms with E-state index in [0.29, 0.717) is 11.3 Å². The molecule has 0 saturated heterocycles. The van der Waals surface area contributed by atoms with Gasteiger partial charge in [0.15, 0.2) is 0 Å². The van der Waals surface area contributed by atoms with Crippen LogP contribution in [0.1, 0.15) is 5.56 Å². The van der Waals surface area contributed by atoms with E-state index in [1.165, 1.54) is 18.5 Å². The molecule has 0 saturated carbocycles. The number of nitrogens with zero attached hydrogens (tertiary/aromatic N) is 1. The van der Waals surface area contributed by atoms with Crippen LogP contribution in [0.5, 0.6) is 0 Å². The molecule has 0 bridgehead atoms. The molecule has 0 unspecified atom stereocenters. The summed E-state index contributed by atoms with van der Waals surface area (Å²) >= 11 is 0. The predicted molar refractivity (Wildman–Crippen MR) is 39.4 cm³/mol. The van der Waals surface area contributed by atoms with Gasteiger partial charge in [0.05, 0.1) is 12.3 Å². The lowest BCUT2D eigenvalue weighted by atomic mass is 10.3. The average Bonchev–Trinajstić information content (AvgIpc) is 2.01. The molecular formula is C7H8F2N2O. The molecule has 3 nitrogen and oxygen atoms in total. The van der Waals surface area contributed by atoms with Gasteiger partial charge in [-0.25, -0.2) is 0 Å². The van der Waals surface area contributed by atoms with Gasteiger partial charge >= 0.3 is 6.61 Å². The van der Waals surface area contributed by atoms with Crippen molar-refractivity contribution in [1.82, 2.24) is 4.98 Å². The minimum atomic E-state index is -2.76. The molecule has 2 N–H and O–H groups in total. The largest absolute Gasteiger partial charge is 0.397 e. The van der Waals surface area contributed by atoms with Gasteiger partial charge in [0.25, 0.3) is 0 Å². The fourth-order valence-corrected chi connectivity index (χ4v) is 0.746. The Kier molecular flexibility index (Phi) is 2.93. The van der Waals surface area contributed by atoms with E-state index in [1.54, 1.807) is 0 Å². The molecule has 0 aliphatic rings. The van der Waals surface area contributed by atoms with Gasteiger partial charge in [-0.15, -0.1) is 0 Å². The molecule has 0 aliphatic heterocycles. The molecular weight excluding hydrogens is 166 g/mol. The van der Waals surface area contributed by atoms with Crippen LogP contribution in [0.2, 0.25) is 0 Å². The van der Waals surface area contributed by atoms with Crippen molar-refractivity contribution in [3.05, 3.63) is 24.0 Å². The molecule has 0 aromatic carbocycles. The number of alkyl halides is 2. The Morgan fingerprint density at radius 2 is 2.25 bits per heavy atom. The minimum absolute atomic E-state index is 0.171. The van der Waals surface area contributed by atoms with E-state index in [1.807, 2.05) is 0 Å². The lowest BCUT2D eigenvalue weighted by Crippen LogP contribution is -2.00. The Balaban J connectivity index is 2.52. The number of nitrogens with two attached hydrogens (primary N) is 1. The number of rotatable bonds is 3. The second-order valence-corrected chi connectivity index (χ2v) is 2.20. The summed E-state index contributed by atoms with van der Waals surface area (Å²) in [5.74, 6) is 0. The highest BCUT2D eigenvalue weighted by Crippen LogP contribution is 2.07. The maximum absolute atomic E-state index is 11.5. The summed E-state index contributed by atoms with van der Waals surface area (Å²) in [6, 6.07) is 1.54. The van der Waals surface area contributed by atoms with E-state index in [2.05, 4.69) is 9.72 Å². The number of halogens is 2. The molecule has 12 heavy (non-hydrogen) atoms. The zero-order valence-corrected chi connectivity index (χ0v) is 6.21. The van der Waals surface area contributed by atoms with E-state index >= 15 is 0 Å². The van der Waals surface area contributed by atoms with Crippen molar-refractivity contribution in [3.63, 3.8) is 0 Å². The van der Waals surface area contributed by atoms with Crippen LogP contribution in [-0.4, -0.2) is 11.6 Å². The van der Waals surface area contributed by atoms with Crippen molar-refractivity contribution in [3.8, 4) is 0 Å². The molecule has 5 heteroatoms. The highest BCUT2D eigenvalue weighted by atomic mass is 19.3. The quantitative estimate of drug-likeness (QED) is 0.753. The summed E-state index contributed by atoms with van der Waals surface area (Å²) in [5.41, 5.74) is 6.33. The fraction of sp³-hybridized carbons (Fsp3) is 0.286. The third kappa shape index (κ3) is 2.79. The van der Waals surface area contributed by atoms with Crippen LogP contribution >= 0.6 is 0 Å². The van der Waals surface area contributed by atoms with Gasteiger partial charge in [0.2, 0.25) is 0 Å². The van der Waals surface area contributed by atoms with Crippen molar-refractivity contribution in [1.29, 1.82) is 0 Å². The Morgan fingerprint density at radius 3 is 2.83 bits per heavy atom. The molecule has 0 radical (unpaired) electrons. The van der Waals surface area contributed by atoms with E-state index in [4.69, 9.17) is 5.73 Å². The smallest absolute Gasteiger partial charge is 0.345 e. The number of anilines is 1. The van der Waals surface area contributed by atoms with E-state index in [0.717, 1.165) is 0 Å². The van der Waals surface area contributed by atoms with E-state index in [-0.39, 0.29) is 6.61 Å². The van der Waals surface area contributed by atoms with Gasteiger partial charge in [0, 0.05) is 12.4 Å². The number of hydrogen-bond acceptors (Lipinski definition) is 3. The molecule has 1 aromatic rings. The SMILES string of the molecule is Nc1cncc(COC(F)F)c1. The second kappa shape index (κ2) is 3.96. The van der Waals surface area contributed by atoms with Crippen molar-refractivity contribution < 1.29 is 13.5 Å². The highest BCUT2D eigenvalue weighted by molar-refractivity contribution is 5.36. The number of pyridine rings is 1. The number of ether oxygens (including phenoxy) is 1. The maximum atomic E-state index is 11.5. The fourth-order valence-electron chi connectivity index (χ4n) is 0.746. The van der Waals surface area contributed by atoms with Crippen molar-refractivity contribution in [2.75, 3.05) is 5.73 Å². The average molecular weight is 174 g/mol. The van der Waals surface area contributed by atoms with Gasteiger partial charge in [-0.1, -0.05) is 0 Å². The van der Waals surface area contributed by atoms with Crippen LogP contribution in [0.15, 0.2) is 18.5 Å². The van der Waals surface area contributed by atoms with E-state index in [9.17, 15) is 8.78 Å². The second-order valence-electron chi connectivity index (χ2n) is 2.20. The monoisotopic (exact) mass is 174 g/mol. The van der Waals surface area contributed by atoms with Gasteiger partial charge < -0.3 is 10.5 Å². The van der Waals surface area contributed by atoms with Gasteiger partial charge in [0.1, 0.15) is 0 Å². The van der Waals surface area contributed by atoms with Crippen LogP contribution in [0, 0.1) is 0 Å². The van der Waals surface area contributed by atoms with Crippen molar-refractivity contribution in [2.45, 2.75) is 13.2 Å². The summed E-state index contributed by atoms with van der Waals surface area (Å²) in [6.07, 6.45) is 2.87. The van der Waals surface area contributed by atoms with Crippen LogP contribution in [0.4, 0.5) is 14.5 Å². The first-order chi connectivity index (χ1) is 5.68. The zero-order chi connectivity index (χ0) is 8.97. The lowest BCUT2D eigenvalue weighted by molar-refractivity contribution is -0.137. The number of hydrogen-bond donors (Lipinski definition) is 1. The molecule has 0 atom stereocenters. The summed E-state index contributed by atoms with van der Waals surface area (Å²) in [4.78, 5) is 3.71. The highest BCUT2D eigenvalue weighted by Gasteiger charge is 2.02. The molecule has 0 amide bonds. The van der Waals surface area contributed by atoms with Crippen LogP contribution in [0.3, 0.4) is 0 Å². The standard InChI is InChI=1S/C7H8F2N2O/c8-7(9)12-4-5-1-6(10)3-11-2-5/h1-3,7H,4,10H2. The third-order valence-electron chi connectivity index (χ3n) is 1.19. The van der Waals surface area contributed by atoms with E-state index < -0.39 is 6.61 Å². The van der Waals surface area contributed by atoms with Crippen LogP contribution < -0.4 is 5.73 Å². The normalized spacial score (nSPS) is 10.6. The van der Waals surface area contributed by atoms with Gasteiger partial charge in [-0.2, -0.15) is 8.78 Å². The van der Waals surface area contributed by atoms with Gasteiger partial charge in [-0.3, -0.25) is 4.98 Å². The Hall–Kier alpha value is -1.23. The molecule has 1 aromatic heterocycles. The molecule has 0 aliphatic carbocycles. The first-order valence-corrected chi connectivity index (χ1v) is 3.27. The summed E-state index contributed by atoms with van der Waals surface area (Å²) in [7, 11) is 0. The molecule has 0 spiro atoms. The van der Waals surface area contributed by atoms with Gasteiger partial charge in [-0.05, 0) is 11.6 Å². The summed E-state index contributed by atoms with van der Waals surface area (Å²) in [5, 5.41) is 0. The zero-order valence-electron chi connectivity index (χ0n) is 6.21. The lowest BCUT2D eigenvalue weighted by Gasteiger charge is -2.02. The molecule has 0 fully saturated rings. The predicted octanol–water partition coefficient (Wildman–Crippen LogP) is 1.40. The Morgan fingerprint density at radius 1 is 1.50 bits per heavy atom. The third-order valence-corrected chi connectivity index (χ3v) is 1.19. The topological polar surface area (TPSA) is 48.1 Å². The number of aromatic nitrogens is 1. The first kappa shape index (κ1) is 8.86. The number of nitrogen functional groups attached to an aromatic ring is 1. The summed E-state index contributed by atoms with van der Waals surface area (Å²) in [6.45, 7) is -2.93. The molecule has 66 valence electrons.